The average molecular weight is 300 g/mol. The van der Waals surface area contributed by atoms with Crippen molar-refractivity contribution in [3.05, 3.63) is 35.4 Å². The van der Waals surface area contributed by atoms with Crippen molar-refractivity contribution < 1.29 is 19.5 Å². The number of nitrogens with one attached hydrogen (secondary N) is 1. The first-order valence-corrected chi connectivity index (χ1v) is 8.47. The van der Waals surface area contributed by atoms with E-state index in [1.54, 1.807) is 0 Å². The molecule has 0 radical (unpaired) electrons. The summed E-state index contributed by atoms with van der Waals surface area (Å²) in [4.78, 5) is 37.3. The number of aryl methyl sites for hydroxylation is 1. The van der Waals surface area contributed by atoms with Crippen molar-refractivity contribution in [1.29, 1.82) is 0 Å². The van der Waals surface area contributed by atoms with Crippen molar-refractivity contribution in [1.82, 2.24) is 5.32 Å². The fraction of sp³-hybridized carbons (Fsp3) is 0.500. The van der Waals surface area contributed by atoms with E-state index >= 15 is 0 Å². The van der Waals surface area contributed by atoms with Crippen LogP contribution >= 0.6 is 7.94 Å². The minimum atomic E-state index is -4.32. The monoisotopic (exact) mass is 300 g/mol. The van der Waals surface area contributed by atoms with Gasteiger partial charge in [0, 0.05) is 13.1 Å². The standard InChI is InChI=1S/C14H23NO4P/c1-2-3-4-12-5-7-13(8-6-12)11-15-10-9-14(16)20(17,18)19/h5-8,15,17-19H,2-4,9-11H2,1H3/q+1. The maximum absolute atomic E-state index is 11.1. The molecule has 1 rings (SSSR count). The molecule has 0 amide bonds. The summed E-state index contributed by atoms with van der Waals surface area (Å²) >= 11 is 0. The van der Waals surface area contributed by atoms with Crippen molar-refractivity contribution in [3.63, 3.8) is 0 Å². The average Bonchev–Trinajstić information content (AvgIpc) is 2.41. The topological polar surface area (TPSA) is 89.8 Å². The van der Waals surface area contributed by atoms with Crippen LogP contribution in [-0.2, 0) is 17.8 Å². The van der Waals surface area contributed by atoms with Crippen LogP contribution in [0.3, 0.4) is 0 Å². The predicted molar refractivity (Wildman–Crippen MR) is 80.0 cm³/mol. The lowest BCUT2D eigenvalue weighted by atomic mass is 10.1. The molecule has 0 saturated carbocycles. The predicted octanol–water partition coefficient (Wildman–Crippen LogP) is 1.78. The number of rotatable bonds is 9. The summed E-state index contributed by atoms with van der Waals surface area (Å²) in [6.45, 7) is 3.08. The molecule has 0 atom stereocenters. The molecule has 6 heteroatoms. The first-order chi connectivity index (χ1) is 9.43. The van der Waals surface area contributed by atoms with Crippen LogP contribution in [0, 0.1) is 0 Å². The lowest BCUT2D eigenvalue weighted by Crippen LogP contribution is -2.19. The molecule has 0 unspecified atom stereocenters. The van der Waals surface area contributed by atoms with Gasteiger partial charge in [0.05, 0.1) is 6.42 Å². The number of hydrogen-bond donors (Lipinski definition) is 4. The zero-order valence-electron chi connectivity index (χ0n) is 11.7. The first kappa shape index (κ1) is 17.2. The molecule has 20 heavy (non-hydrogen) atoms. The van der Waals surface area contributed by atoms with E-state index in [-0.39, 0.29) is 6.42 Å². The van der Waals surface area contributed by atoms with Gasteiger partial charge in [-0.1, -0.05) is 37.6 Å². The molecular formula is C14H23NO4P+. The van der Waals surface area contributed by atoms with Crippen LogP contribution in [0.15, 0.2) is 24.3 Å². The SMILES string of the molecule is CCCCc1ccc(CNCCC(=O)[P+](O)(O)O)cc1. The largest absolute Gasteiger partial charge is 0.478 e. The molecular weight excluding hydrogens is 277 g/mol. The Morgan fingerprint density at radius 1 is 1.15 bits per heavy atom. The summed E-state index contributed by atoms with van der Waals surface area (Å²) < 4.78 is 0. The molecule has 0 aliphatic rings. The Bertz CT molecular complexity index is 414. The maximum atomic E-state index is 11.1. The molecule has 1 aromatic carbocycles. The minimum Gasteiger partial charge on any atom is -0.312 e. The summed E-state index contributed by atoms with van der Waals surface area (Å²) in [6, 6.07) is 8.29. The van der Waals surface area contributed by atoms with Gasteiger partial charge < -0.3 is 5.32 Å². The second-order valence-corrected chi connectivity index (χ2v) is 6.44. The lowest BCUT2D eigenvalue weighted by molar-refractivity contribution is -0.114. The van der Waals surface area contributed by atoms with Crippen LogP contribution in [0.1, 0.15) is 37.3 Å². The van der Waals surface area contributed by atoms with Gasteiger partial charge in [0.1, 0.15) is 0 Å². The van der Waals surface area contributed by atoms with Gasteiger partial charge in [-0.05, 0) is 24.0 Å². The fourth-order valence-corrected chi connectivity index (χ4v) is 2.19. The first-order valence-electron chi connectivity index (χ1n) is 6.82. The molecule has 0 aliphatic carbocycles. The molecule has 0 saturated heterocycles. The van der Waals surface area contributed by atoms with E-state index in [1.807, 2.05) is 12.1 Å². The normalized spacial score (nSPS) is 11.6. The number of carbonyl (C=O) groups excluding carboxylic acids is 1. The van der Waals surface area contributed by atoms with Gasteiger partial charge in [-0.25, -0.2) is 4.79 Å². The molecule has 0 heterocycles. The summed E-state index contributed by atoms with van der Waals surface area (Å²) in [5.41, 5.74) is 1.52. The summed E-state index contributed by atoms with van der Waals surface area (Å²) in [6.07, 6.45) is 3.37. The molecule has 0 spiro atoms. The zero-order chi connectivity index (χ0) is 15.0. The van der Waals surface area contributed by atoms with Crippen LogP contribution in [0.25, 0.3) is 0 Å². The van der Waals surface area contributed by atoms with E-state index in [0.717, 1.165) is 12.0 Å². The highest BCUT2D eigenvalue weighted by Gasteiger charge is 2.41. The quantitative estimate of drug-likeness (QED) is 0.412. The second kappa shape index (κ2) is 8.45. The third-order valence-corrected chi connectivity index (χ3v) is 3.91. The van der Waals surface area contributed by atoms with Gasteiger partial charge in [-0.2, -0.15) is 14.7 Å². The van der Waals surface area contributed by atoms with Crippen LogP contribution in [-0.4, -0.2) is 26.7 Å². The van der Waals surface area contributed by atoms with E-state index in [4.69, 9.17) is 14.7 Å². The van der Waals surface area contributed by atoms with Crippen LogP contribution in [0.5, 0.6) is 0 Å². The third kappa shape index (κ3) is 6.55. The van der Waals surface area contributed by atoms with E-state index in [1.165, 1.54) is 18.4 Å². The second-order valence-electron chi connectivity index (χ2n) is 4.81. The van der Waals surface area contributed by atoms with E-state index in [0.29, 0.717) is 13.1 Å². The van der Waals surface area contributed by atoms with Crippen LogP contribution < -0.4 is 5.32 Å². The van der Waals surface area contributed by atoms with Gasteiger partial charge in [-0.15, -0.1) is 0 Å². The Labute approximate surface area is 120 Å². The number of carbonyl (C=O) groups is 1. The Hall–Kier alpha value is -0.840. The van der Waals surface area contributed by atoms with E-state index in [2.05, 4.69) is 24.4 Å². The van der Waals surface area contributed by atoms with Crippen LogP contribution in [0.4, 0.5) is 0 Å². The van der Waals surface area contributed by atoms with Crippen molar-refractivity contribution >= 4 is 13.5 Å². The molecule has 1 aromatic rings. The summed E-state index contributed by atoms with van der Waals surface area (Å²) in [5.74, 6) is 0. The van der Waals surface area contributed by atoms with Crippen molar-refractivity contribution in [2.24, 2.45) is 0 Å². The zero-order valence-corrected chi connectivity index (χ0v) is 12.6. The van der Waals surface area contributed by atoms with Crippen molar-refractivity contribution in [2.75, 3.05) is 6.54 Å². The molecule has 0 aliphatic heterocycles. The fourth-order valence-electron chi connectivity index (χ4n) is 1.78. The molecule has 112 valence electrons. The van der Waals surface area contributed by atoms with Crippen molar-refractivity contribution in [3.8, 4) is 0 Å². The summed E-state index contributed by atoms with van der Waals surface area (Å²) in [7, 11) is -4.32. The lowest BCUT2D eigenvalue weighted by Gasteiger charge is -2.06. The highest BCUT2D eigenvalue weighted by atomic mass is 31.2. The van der Waals surface area contributed by atoms with Gasteiger partial charge in [0.25, 0.3) is 0 Å². The highest BCUT2D eigenvalue weighted by molar-refractivity contribution is 7.76. The van der Waals surface area contributed by atoms with E-state index < -0.39 is 13.5 Å². The van der Waals surface area contributed by atoms with Gasteiger partial charge in [0.2, 0.25) is 0 Å². The Morgan fingerprint density at radius 3 is 2.30 bits per heavy atom. The van der Waals surface area contributed by atoms with Gasteiger partial charge >= 0.3 is 13.5 Å². The Morgan fingerprint density at radius 2 is 1.75 bits per heavy atom. The number of benzene rings is 1. The molecule has 0 fully saturated rings. The molecule has 0 aromatic heterocycles. The third-order valence-electron chi connectivity index (χ3n) is 3.02. The van der Waals surface area contributed by atoms with Gasteiger partial charge in [0.15, 0.2) is 0 Å². The van der Waals surface area contributed by atoms with Gasteiger partial charge in [-0.3, -0.25) is 0 Å². The van der Waals surface area contributed by atoms with Crippen molar-refractivity contribution in [2.45, 2.75) is 39.2 Å². The smallest absolute Gasteiger partial charge is 0.312 e. The molecule has 5 nitrogen and oxygen atoms in total. The number of unbranched alkanes of at least 4 members (excludes halogenated alkanes) is 1. The maximum Gasteiger partial charge on any atom is 0.478 e. The van der Waals surface area contributed by atoms with E-state index in [9.17, 15) is 4.79 Å². The molecule has 0 bridgehead atoms. The Balaban J connectivity index is 2.27. The minimum absolute atomic E-state index is 0.0914. The summed E-state index contributed by atoms with van der Waals surface area (Å²) in [5, 5.41) is 3.03. The number of hydrogen-bond acceptors (Lipinski definition) is 5. The highest BCUT2D eigenvalue weighted by Crippen LogP contribution is 2.46. The van der Waals surface area contributed by atoms with Crippen LogP contribution in [0.2, 0.25) is 0 Å². The Kier molecular flexibility index (Phi) is 7.27. The molecule has 4 N–H and O–H groups in total.